The molecule has 0 radical (unpaired) electrons. The number of para-hydroxylation sites is 1. The molecular formula is C19H27FN2O2. The summed E-state index contributed by atoms with van der Waals surface area (Å²) in [6.07, 6.45) is 3.74. The van der Waals surface area contributed by atoms with Crippen LogP contribution in [0.25, 0.3) is 0 Å². The van der Waals surface area contributed by atoms with Crippen LogP contribution in [0, 0.1) is 23.6 Å². The minimum absolute atomic E-state index is 0.00493. The average molecular weight is 334 g/mol. The second-order valence-corrected chi connectivity index (χ2v) is 6.99. The molecule has 0 spiro atoms. The Hall–Kier alpha value is -1.91. The van der Waals surface area contributed by atoms with Crippen molar-refractivity contribution in [3.05, 3.63) is 30.1 Å². The monoisotopic (exact) mass is 334 g/mol. The minimum Gasteiger partial charge on any atom is -0.356 e. The molecule has 1 aromatic rings. The fourth-order valence-corrected chi connectivity index (χ4v) is 3.04. The lowest BCUT2D eigenvalue weighted by Crippen LogP contribution is -2.36. The molecule has 2 rings (SSSR count). The molecule has 0 bridgehead atoms. The molecule has 0 aliphatic heterocycles. The van der Waals surface area contributed by atoms with Crippen LogP contribution in [-0.2, 0) is 9.59 Å². The molecule has 0 saturated heterocycles. The van der Waals surface area contributed by atoms with E-state index in [1.165, 1.54) is 6.07 Å². The van der Waals surface area contributed by atoms with Crippen LogP contribution < -0.4 is 10.6 Å². The fraction of sp³-hybridized carbons (Fsp3) is 0.579. The van der Waals surface area contributed by atoms with Crippen LogP contribution in [-0.4, -0.2) is 18.4 Å². The molecular weight excluding hydrogens is 307 g/mol. The molecule has 132 valence electrons. The summed E-state index contributed by atoms with van der Waals surface area (Å²) in [5.74, 6) is -0.0615. The first kappa shape index (κ1) is 18.4. The molecule has 5 heteroatoms. The van der Waals surface area contributed by atoms with Crippen molar-refractivity contribution >= 4 is 17.5 Å². The molecule has 4 nitrogen and oxygen atoms in total. The van der Waals surface area contributed by atoms with Gasteiger partial charge in [-0.1, -0.05) is 26.0 Å². The first-order chi connectivity index (χ1) is 11.5. The summed E-state index contributed by atoms with van der Waals surface area (Å²) in [7, 11) is 0. The summed E-state index contributed by atoms with van der Waals surface area (Å²) in [6, 6.07) is 6.17. The van der Waals surface area contributed by atoms with E-state index < -0.39 is 5.82 Å². The molecule has 0 unspecified atom stereocenters. The van der Waals surface area contributed by atoms with E-state index in [9.17, 15) is 14.0 Å². The highest BCUT2D eigenvalue weighted by Gasteiger charge is 2.30. The summed E-state index contributed by atoms with van der Waals surface area (Å²) in [4.78, 5) is 24.4. The number of hydrogen-bond donors (Lipinski definition) is 2. The van der Waals surface area contributed by atoms with Gasteiger partial charge < -0.3 is 10.6 Å². The Kier molecular flexibility index (Phi) is 6.76. The van der Waals surface area contributed by atoms with Crippen LogP contribution in [0.15, 0.2) is 24.3 Å². The van der Waals surface area contributed by atoms with Gasteiger partial charge in [-0.15, -0.1) is 0 Å². The molecule has 1 saturated carbocycles. The van der Waals surface area contributed by atoms with Crippen LogP contribution in [0.4, 0.5) is 10.1 Å². The van der Waals surface area contributed by atoms with Crippen molar-refractivity contribution in [2.45, 2.75) is 46.0 Å². The number of halogens is 1. The number of amides is 2. The van der Waals surface area contributed by atoms with E-state index >= 15 is 0 Å². The Morgan fingerprint density at radius 2 is 1.67 bits per heavy atom. The Balaban J connectivity index is 1.76. The summed E-state index contributed by atoms with van der Waals surface area (Å²) >= 11 is 0. The Bertz CT molecular complexity index is 566. The smallest absolute Gasteiger partial charge is 0.227 e. The molecule has 0 heterocycles. The van der Waals surface area contributed by atoms with Crippen molar-refractivity contribution in [2.75, 3.05) is 11.9 Å². The number of hydrogen-bond acceptors (Lipinski definition) is 2. The van der Waals surface area contributed by atoms with E-state index in [2.05, 4.69) is 24.5 Å². The first-order valence-corrected chi connectivity index (χ1v) is 8.80. The maximum atomic E-state index is 13.6. The van der Waals surface area contributed by atoms with Gasteiger partial charge in [0, 0.05) is 18.4 Å². The normalized spacial score (nSPS) is 20.7. The summed E-state index contributed by atoms with van der Waals surface area (Å²) < 4.78 is 13.6. The second kappa shape index (κ2) is 8.81. The van der Waals surface area contributed by atoms with Crippen LogP contribution in [0.3, 0.4) is 0 Å². The topological polar surface area (TPSA) is 58.2 Å². The van der Waals surface area contributed by atoms with Crippen molar-refractivity contribution in [2.24, 2.45) is 17.8 Å². The maximum Gasteiger partial charge on any atom is 0.227 e. The molecule has 1 aliphatic carbocycles. The van der Waals surface area contributed by atoms with E-state index in [0.29, 0.717) is 38.1 Å². The third-order valence-electron chi connectivity index (χ3n) is 4.62. The number of rotatable bonds is 6. The van der Waals surface area contributed by atoms with Crippen molar-refractivity contribution in [1.29, 1.82) is 0 Å². The van der Waals surface area contributed by atoms with Gasteiger partial charge in [-0.25, -0.2) is 4.39 Å². The lowest BCUT2D eigenvalue weighted by molar-refractivity contribution is -0.128. The Morgan fingerprint density at radius 1 is 1.08 bits per heavy atom. The average Bonchev–Trinajstić information content (AvgIpc) is 2.56. The summed E-state index contributed by atoms with van der Waals surface area (Å²) in [5.41, 5.74) is 0.219. The van der Waals surface area contributed by atoms with Gasteiger partial charge in [0.15, 0.2) is 0 Å². The third-order valence-corrected chi connectivity index (χ3v) is 4.62. The van der Waals surface area contributed by atoms with E-state index in [1.54, 1.807) is 18.2 Å². The van der Waals surface area contributed by atoms with Gasteiger partial charge in [-0.3, -0.25) is 9.59 Å². The molecule has 1 aliphatic rings. The zero-order valence-corrected chi connectivity index (χ0v) is 14.5. The standard InChI is InChI=1S/C19H27FN2O2/c1-13(2)11-12-21-18(23)14-7-9-15(10-8-14)19(24)22-17-6-4-3-5-16(17)20/h3-6,13-15H,7-12H2,1-2H3,(H,21,23)(H,22,24). The maximum absolute atomic E-state index is 13.6. The zero-order valence-electron chi connectivity index (χ0n) is 14.5. The number of nitrogens with one attached hydrogen (secondary N) is 2. The highest BCUT2D eigenvalue weighted by Crippen LogP contribution is 2.30. The largest absolute Gasteiger partial charge is 0.356 e. The predicted molar refractivity (Wildman–Crippen MR) is 92.9 cm³/mol. The number of carbonyl (C=O) groups excluding carboxylic acids is 2. The van der Waals surface area contributed by atoms with Crippen molar-refractivity contribution in [3.63, 3.8) is 0 Å². The molecule has 0 atom stereocenters. The molecule has 24 heavy (non-hydrogen) atoms. The highest BCUT2D eigenvalue weighted by atomic mass is 19.1. The van der Waals surface area contributed by atoms with Gasteiger partial charge in [0.1, 0.15) is 5.82 Å². The van der Waals surface area contributed by atoms with E-state index in [4.69, 9.17) is 0 Å². The quantitative estimate of drug-likeness (QED) is 0.833. The third kappa shape index (κ3) is 5.32. The van der Waals surface area contributed by atoms with Crippen LogP contribution >= 0.6 is 0 Å². The van der Waals surface area contributed by atoms with Gasteiger partial charge in [0.05, 0.1) is 5.69 Å². The zero-order chi connectivity index (χ0) is 17.5. The lowest BCUT2D eigenvalue weighted by Gasteiger charge is -2.27. The van der Waals surface area contributed by atoms with Gasteiger partial charge >= 0.3 is 0 Å². The minimum atomic E-state index is -0.427. The van der Waals surface area contributed by atoms with E-state index in [0.717, 1.165) is 6.42 Å². The molecule has 0 aromatic heterocycles. The summed E-state index contributed by atoms with van der Waals surface area (Å²) in [6.45, 7) is 4.97. The SMILES string of the molecule is CC(C)CCNC(=O)C1CCC(C(=O)Nc2ccccc2F)CC1. The molecule has 1 fully saturated rings. The number of benzene rings is 1. The first-order valence-electron chi connectivity index (χ1n) is 8.80. The fourth-order valence-electron chi connectivity index (χ4n) is 3.04. The van der Waals surface area contributed by atoms with Gasteiger partial charge in [-0.2, -0.15) is 0 Å². The van der Waals surface area contributed by atoms with Crippen molar-refractivity contribution in [3.8, 4) is 0 Å². The predicted octanol–water partition coefficient (Wildman–Crippen LogP) is 3.73. The lowest BCUT2D eigenvalue weighted by atomic mass is 9.81. The molecule has 1 aromatic carbocycles. The van der Waals surface area contributed by atoms with Gasteiger partial charge in [0.2, 0.25) is 11.8 Å². The van der Waals surface area contributed by atoms with Crippen molar-refractivity contribution < 1.29 is 14.0 Å². The van der Waals surface area contributed by atoms with E-state index in [-0.39, 0.29) is 29.3 Å². The summed E-state index contributed by atoms with van der Waals surface area (Å²) in [5, 5.41) is 5.64. The second-order valence-electron chi connectivity index (χ2n) is 6.99. The Labute approximate surface area is 143 Å². The Morgan fingerprint density at radius 3 is 2.25 bits per heavy atom. The van der Waals surface area contributed by atoms with Crippen molar-refractivity contribution in [1.82, 2.24) is 5.32 Å². The number of anilines is 1. The molecule has 2 N–H and O–H groups in total. The van der Waals surface area contributed by atoms with Crippen LogP contribution in [0.5, 0.6) is 0 Å². The van der Waals surface area contributed by atoms with Crippen LogP contribution in [0.2, 0.25) is 0 Å². The number of carbonyl (C=O) groups is 2. The van der Waals surface area contributed by atoms with E-state index in [1.807, 2.05) is 0 Å². The molecule has 2 amide bonds. The van der Waals surface area contributed by atoms with Gasteiger partial charge in [0.25, 0.3) is 0 Å². The highest BCUT2D eigenvalue weighted by molar-refractivity contribution is 5.92. The van der Waals surface area contributed by atoms with Gasteiger partial charge in [-0.05, 0) is 50.2 Å². The van der Waals surface area contributed by atoms with Crippen LogP contribution in [0.1, 0.15) is 46.0 Å².